The van der Waals surface area contributed by atoms with Gasteiger partial charge in [0.05, 0.1) is 0 Å². The summed E-state index contributed by atoms with van der Waals surface area (Å²) in [5.41, 5.74) is 2.75. The van der Waals surface area contributed by atoms with E-state index in [9.17, 15) is 4.79 Å². The topological polar surface area (TPSA) is 23.6 Å². The number of likely N-dealkylation sites (tertiary alicyclic amines) is 1. The van der Waals surface area contributed by atoms with Crippen molar-refractivity contribution in [3.8, 4) is 0 Å². The van der Waals surface area contributed by atoms with Crippen LogP contribution < -0.4 is 4.90 Å². The number of carbonyl (C=O) groups is 1. The maximum absolute atomic E-state index is 12.3. The van der Waals surface area contributed by atoms with Crippen LogP contribution in [0.2, 0.25) is 0 Å². The Morgan fingerprint density at radius 2 is 2.15 bits per heavy atom. The molecule has 0 aromatic heterocycles. The third-order valence-corrected chi connectivity index (χ3v) is 4.59. The molecule has 1 unspecified atom stereocenters. The first-order chi connectivity index (χ1) is 9.74. The van der Waals surface area contributed by atoms with Gasteiger partial charge in [-0.15, -0.1) is 0 Å². The first-order valence-corrected chi connectivity index (χ1v) is 7.84. The minimum absolute atomic E-state index is 0.334. The summed E-state index contributed by atoms with van der Waals surface area (Å²) in [4.78, 5) is 16.7. The maximum Gasteiger partial charge on any atom is 0.224 e. The molecule has 108 valence electrons. The van der Waals surface area contributed by atoms with Gasteiger partial charge in [0.25, 0.3) is 0 Å². The number of nitrogens with zero attached hydrogens (tertiary/aromatic N) is 2. The largest absolute Gasteiger partial charge is 0.370 e. The highest BCUT2D eigenvalue weighted by molar-refractivity contribution is 5.77. The Labute approximate surface area is 121 Å². The molecule has 3 nitrogen and oxygen atoms in total. The van der Waals surface area contributed by atoms with Gasteiger partial charge in [-0.1, -0.05) is 25.1 Å². The second-order valence-electron chi connectivity index (χ2n) is 6.20. The summed E-state index contributed by atoms with van der Waals surface area (Å²) in [6.07, 6.45) is 4.20. The van der Waals surface area contributed by atoms with E-state index in [1.165, 1.54) is 24.1 Å². The molecule has 1 aromatic carbocycles. The Hall–Kier alpha value is -1.51. The fourth-order valence-corrected chi connectivity index (χ4v) is 3.44. The maximum atomic E-state index is 12.3. The molecule has 1 saturated heterocycles. The first kappa shape index (κ1) is 13.5. The third kappa shape index (κ3) is 2.82. The molecule has 0 spiro atoms. The van der Waals surface area contributed by atoms with Crippen molar-refractivity contribution < 1.29 is 4.79 Å². The number of benzene rings is 1. The number of rotatable bonds is 3. The molecule has 0 bridgehead atoms. The summed E-state index contributed by atoms with van der Waals surface area (Å²) in [5, 5.41) is 0. The lowest BCUT2D eigenvalue weighted by Crippen LogP contribution is -2.40. The van der Waals surface area contributed by atoms with Gasteiger partial charge >= 0.3 is 0 Å². The molecule has 0 N–H and O–H groups in total. The number of carbonyl (C=O) groups excluding carboxylic acids is 1. The number of anilines is 1. The highest BCUT2D eigenvalue weighted by atomic mass is 16.2. The van der Waals surface area contributed by atoms with Crippen LogP contribution in [0, 0.1) is 5.92 Å². The van der Waals surface area contributed by atoms with E-state index in [2.05, 4.69) is 41.0 Å². The van der Waals surface area contributed by atoms with Crippen molar-refractivity contribution in [2.75, 3.05) is 31.1 Å². The second-order valence-corrected chi connectivity index (χ2v) is 6.20. The van der Waals surface area contributed by atoms with Gasteiger partial charge in [-0.2, -0.15) is 0 Å². The van der Waals surface area contributed by atoms with E-state index in [0.29, 0.717) is 18.2 Å². The average Bonchev–Trinajstić information content (AvgIpc) is 2.88. The molecule has 2 aliphatic rings. The van der Waals surface area contributed by atoms with Crippen molar-refractivity contribution in [2.24, 2.45) is 5.92 Å². The quantitative estimate of drug-likeness (QED) is 0.844. The van der Waals surface area contributed by atoms with E-state index in [4.69, 9.17) is 0 Å². The van der Waals surface area contributed by atoms with Crippen LogP contribution in [-0.2, 0) is 11.2 Å². The molecule has 20 heavy (non-hydrogen) atoms. The van der Waals surface area contributed by atoms with Crippen molar-refractivity contribution in [3.05, 3.63) is 29.8 Å². The van der Waals surface area contributed by atoms with E-state index in [1.807, 2.05) is 0 Å². The molecule has 1 aromatic rings. The van der Waals surface area contributed by atoms with Crippen LogP contribution in [0.5, 0.6) is 0 Å². The summed E-state index contributed by atoms with van der Waals surface area (Å²) >= 11 is 0. The Kier molecular flexibility index (Phi) is 3.95. The lowest BCUT2D eigenvalue weighted by atomic mass is 10.00. The van der Waals surface area contributed by atoms with Crippen LogP contribution in [0.4, 0.5) is 5.69 Å². The number of hydrogen-bond acceptors (Lipinski definition) is 2. The second kappa shape index (κ2) is 5.86. The van der Waals surface area contributed by atoms with E-state index < -0.39 is 0 Å². The molecule has 1 atom stereocenters. The number of para-hydroxylation sites is 1. The van der Waals surface area contributed by atoms with E-state index in [-0.39, 0.29) is 0 Å². The molecule has 1 fully saturated rings. The summed E-state index contributed by atoms with van der Waals surface area (Å²) in [7, 11) is 0. The van der Waals surface area contributed by atoms with E-state index in [1.54, 1.807) is 0 Å². The number of amides is 1. The Bertz CT molecular complexity index is 486. The molecular weight excluding hydrogens is 248 g/mol. The average molecular weight is 272 g/mol. The molecular formula is C17H24N2O. The molecule has 2 heterocycles. The molecule has 3 heteroatoms. The number of fused-ring (bicyclic) bond motifs is 1. The molecule has 0 saturated carbocycles. The Morgan fingerprint density at radius 1 is 1.30 bits per heavy atom. The van der Waals surface area contributed by atoms with Gasteiger partial charge in [-0.25, -0.2) is 0 Å². The molecule has 2 aliphatic heterocycles. The van der Waals surface area contributed by atoms with Crippen molar-refractivity contribution in [3.63, 3.8) is 0 Å². The minimum Gasteiger partial charge on any atom is -0.370 e. The van der Waals surface area contributed by atoms with Crippen molar-refractivity contribution >= 4 is 11.6 Å². The predicted molar refractivity (Wildman–Crippen MR) is 82.0 cm³/mol. The van der Waals surface area contributed by atoms with Crippen LogP contribution in [0.1, 0.15) is 31.7 Å². The summed E-state index contributed by atoms with van der Waals surface area (Å²) in [6.45, 7) is 6.08. The SMILES string of the molecule is CC1CCCN(C(=O)CCN2CCc3ccccc32)C1. The highest BCUT2D eigenvalue weighted by Crippen LogP contribution is 2.27. The van der Waals surface area contributed by atoms with Crippen molar-refractivity contribution in [1.82, 2.24) is 4.90 Å². The zero-order valence-corrected chi connectivity index (χ0v) is 12.3. The first-order valence-electron chi connectivity index (χ1n) is 7.84. The van der Waals surface area contributed by atoms with E-state index in [0.717, 1.165) is 32.6 Å². The van der Waals surface area contributed by atoms with E-state index >= 15 is 0 Å². The van der Waals surface area contributed by atoms with Gasteiger partial charge in [0.2, 0.25) is 5.91 Å². The van der Waals surface area contributed by atoms with Gasteiger partial charge < -0.3 is 9.80 Å². The van der Waals surface area contributed by atoms with Crippen molar-refractivity contribution in [1.29, 1.82) is 0 Å². The molecule has 3 rings (SSSR count). The zero-order valence-electron chi connectivity index (χ0n) is 12.3. The molecule has 0 aliphatic carbocycles. The Balaban J connectivity index is 1.54. The monoisotopic (exact) mass is 272 g/mol. The van der Waals surface area contributed by atoms with Gasteiger partial charge in [0, 0.05) is 38.3 Å². The summed E-state index contributed by atoms with van der Waals surface area (Å²) in [5.74, 6) is 1.00. The van der Waals surface area contributed by atoms with Crippen LogP contribution >= 0.6 is 0 Å². The smallest absolute Gasteiger partial charge is 0.224 e. The summed E-state index contributed by atoms with van der Waals surface area (Å²) < 4.78 is 0. The standard InChI is InChI=1S/C17H24N2O/c1-14-5-4-10-19(13-14)17(20)9-12-18-11-8-15-6-2-3-7-16(15)18/h2-3,6-7,14H,4-5,8-13H2,1H3. The Morgan fingerprint density at radius 3 is 3.00 bits per heavy atom. The highest BCUT2D eigenvalue weighted by Gasteiger charge is 2.23. The molecule has 0 radical (unpaired) electrons. The van der Waals surface area contributed by atoms with Crippen LogP contribution in [0.3, 0.4) is 0 Å². The third-order valence-electron chi connectivity index (χ3n) is 4.59. The number of piperidine rings is 1. The van der Waals surface area contributed by atoms with Crippen LogP contribution in [0.15, 0.2) is 24.3 Å². The van der Waals surface area contributed by atoms with Crippen LogP contribution in [0.25, 0.3) is 0 Å². The fraction of sp³-hybridized carbons (Fsp3) is 0.588. The van der Waals surface area contributed by atoms with Gasteiger partial charge in [-0.3, -0.25) is 4.79 Å². The lowest BCUT2D eigenvalue weighted by molar-refractivity contribution is -0.132. The predicted octanol–water partition coefficient (Wildman–Crippen LogP) is 2.70. The van der Waals surface area contributed by atoms with Gasteiger partial charge in [0.15, 0.2) is 0 Å². The lowest BCUT2D eigenvalue weighted by Gasteiger charge is -2.31. The van der Waals surface area contributed by atoms with Gasteiger partial charge in [-0.05, 0) is 36.8 Å². The summed E-state index contributed by atoms with van der Waals surface area (Å²) in [6, 6.07) is 8.56. The molecule has 1 amide bonds. The zero-order chi connectivity index (χ0) is 13.9. The number of hydrogen-bond donors (Lipinski definition) is 0. The van der Waals surface area contributed by atoms with Crippen molar-refractivity contribution in [2.45, 2.75) is 32.6 Å². The normalized spacial score (nSPS) is 21.9. The minimum atomic E-state index is 0.334. The fourth-order valence-electron chi connectivity index (χ4n) is 3.44. The van der Waals surface area contributed by atoms with Gasteiger partial charge in [0.1, 0.15) is 0 Å². The van der Waals surface area contributed by atoms with Crippen LogP contribution in [-0.4, -0.2) is 37.0 Å².